The van der Waals surface area contributed by atoms with Crippen LogP contribution in [0, 0.1) is 10.1 Å². The monoisotopic (exact) mass is 317 g/mol. The van der Waals surface area contributed by atoms with Crippen molar-refractivity contribution < 1.29 is 18.5 Å². The van der Waals surface area contributed by atoms with E-state index in [1.807, 2.05) is 20.8 Å². The van der Waals surface area contributed by atoms with Crippen molar-refractivity contribution in [2.24, 2.45) is 0 Å². The number of nitro benzene ring substituents is 1. The molecule has 0 bridgehead atoms. The minimum atomic E-state index is -4.15. The van der Waals surface area contributed by atoms with Gasteiger partial charge in [-0.1, -0.05) is 25.7 Å². The lowest BCUT2D eigenvalue weighted by molar-refractivity contribution is -0.386. The average molecular weight is 317 g/mol. The van der Waals surface area contributed by atoms with Crippen LogP contribution in [0.1, 0.15) is 38.8 Å². The number of sulfonamides is 1. The van der Waals surface area contributed by atoms with Gasteiger partial charge in [-0.15, -0.1) is 0 Å². The zero-order valence-electron chi connectivity index (χ0n) is 12.0. The Morgan fingerprint density at radius 2 is 2.00 bits per heavy atom. The summed E-state index contributed by atoms with van der Waals surface area (Å²) < 4.78 is 23.0. The number of hydrogen-bond donors (Lipinski definition) is 3. The minimum absolute atomic E-state index is 0.122. The van der Waals surface area contributed by atoms with Gasteiger partial charge in [0.25, 0.3) is 15.7 Å². The van der Waals surface area contributed by atoms with Gasteiger partial charge in [0.05, 0.1) is 9.82 Å². The first-order chi connectivity index (χ1) is 9.72. The van der Waals surface area contributed by atoms with Crippen LogP contribution in [0.3, 0.4) is 0 Å². The van der Waals surface area contributed by atoms with Gasteiger partial charge in [0, 0.05) is 23.7 Å². The van der Waals surface area contributed by atoms with Gasteiger partial charge in [0.1, 0.15) is 0 Å². The summed E-state index contributed by atoms with van der Waals surface area (Å²) in [5.74, 6) is 0. The van der Waals surface area contributed by atoms with Crippen LogP contribution in [0.15, 0.2) is 23.1 Å². The third-order valence-corrected chi connectivity index (χ3v) is 4.06. The fraction of sp³-hybridized carbons (Fsp3) is 0.500. The topological polar surface area (TPSA) is 122 Å². The molecule has 1 unspecified atom stereocenters. The summed E-state index contributed by atoms with van der Waals surface area (Å²) >= 11 is 0. The van der Waals surface area contributed by atoms with Crippen LogP contribution in [0.2, 0.25) is 0 Å². The molecule has 0 aliphatic rings. The summed E-state index contributed by atoms with van der Waals surface area (Å²) in [5.41, 5.74) is 0.111. The van der Waals surface area contributed by atoms with Crippen molar-refractivity contribution in [2.75, 3.05) is 0 Å². The molecule has 21 heavy (non-hydrogen) atoms. The van der Waals surface area contributed by atoms with Crippen molar-refractivity contribution in [3.05, 3.63) is 33.9 Å². The smallest absolute Gasteiger partial charge is 0.275 e. The van der Waals surface area contributed by atoms with Crippen molar-refractivity contribution in [1.29, 1.82) is 0 Å². The lowest BCUT2D eigenvalue weighted by atomic mass is 10.0. The molecule has 0 amide bonds. The Labute approximate surface area is 123 Å². The molecule has 0 spiro atoms. The first kappa shape index (κ1) is 17.5. The van der Waals surface area contributed by atoms with E-state index in [1.165, 1.54) is 12.1 Å². The van der Waals surface area contributed by atoms with E-state index in [-0.39, 0.29) is 22.7 Å². The molecule has 0 aromatic heterocycles. The van der Waals surface area contributed by atoms with Crippen LogP contribution in [-0.2, 0) is 10.0 Å². The van der Waals surface area contributed by atoms with Crippen LogP contribution in [0.5, 0.6) is 0 Å². The van der Waals surface area contributed by atoms with E-state index >= 15 is 0 Å². The Hall–Kier alpha value is -1.55. The Kier molecular flexibility index (Phi) is 5.78. The Morgan fingerprint density at radius 3 is 2.43 bits per heavy atom. The maximum absolute atomic E-state index is 11.5. The standard InChI is InChI=1S/C12H19N3O5S/c1-4-11(13-8(2)3)10-6-5-9(21(19,20)14-16)7-12(10)15(17)18/h5-8,11,13-14,16H,4H2,1-3H3. The average Bonchev–Trinajstić information content (AvgIpc) is 2.43. The Balaban J connectivity index is 3.37. The summed E-state index contributed by atoms with van der Waals surface area (Å²) in [6.45, 7) is 5.72. The van der Waals surface area contributed by atoms with E-state index in [4.69, 9.17) is 5.21 Å². The van der Waals surface area contributed by atoms with E-state index in [2.05, 4.69) is 5.32 Å². The first-order valence-corrected chi connectivity index (χ1v) is 7.91. The predicted octanol–water partition coefficient (Wildman–Crippen LogP) is 1.71. The molecule has 1 aromatic carbocycles. The van der Waals surface area contributed by atoms with Gasteiger partial charge in [-0.05, 0) is 18.6 Å². The predicted molar refractivity (Wildman–Crippen MR) is 76.5 cm³/mol. The van der Waals surface area contributed by atoms with E-state index in [1.54, 1.807) is 0 Å². The van der Waals surface area contributed by atoms with Crippen molar-refractivity contribution in [1.82, 2.24) is 10.2 Å². The van der Waals surface area contributed by atoms with E-state index in [0.29, 0.717) is 12.0 Å². The minimum Gasteiger partial charge on any atom is -0.307 e. The fourth-order valence-corrected chi connectivity index (χ4v) is 2.65. The second-order valence-electron chi connectivity index (χ2n) is 4.85. The van der Waals surface area contributed by atoms with E-state index < -0.39 is 14.9 Å². The lowest BCUT2D eigenvalue weighted by Gasteiger charge is -2.20. The molecule has 0 aliphatic carbocycles. The lowest BCUT2D eigenvalue weighted by Crippen LogP contribution is -2.28. The molecule has 1 atom stereocenters. The molecule has 0 radical (unpaired) electrons. The highest BCUT2D eigenvalue weighted by atomic mass is 32.2. The third-order valence-electron chi connectivity index (χ3n) is 2.95. The number of rotatable bonds is 7. The summed E-state index contributed by atoms with van der Waals surface area (Å²) in [6, 6.07) is 3.43. The maximum Gasteiger partial charge on any atom is 0.275 e. The SMILES string of the molecule is CCC(NC(C)C)c1ccc(S(=O)(=O)NO)cc1[N+](=O)[O-]. The van der Waals surface area contributed by atoms with Gasteiger partial charge < -0.3 is 10.5 Å². The van der Waals surface area contributed by atoms with Gasteiger partial charge >= 0.3 is 0 Å². The van der Waals surface area contributed by atoms with Gasteiger partial charge in [0.15, 0.2) is 0 Å². The highest BCUT2D eigenvalue weighted by molar-refractivity contribution is 7.89. The zero-order chi connectivity index (χ0) is 16.2. The summed E-state index contributed by atoms with van der Waals surface area (Å²) in [4.78, 5) is 11.4. The third kappa shape index (κ3) is 4.21. The Morgan fingerprint density at radius 1 is 1.38 bits per heavy atom. The summed E-state index contributed by atoms with van der Waals surface area (Å²) in [5, 5.41) is 23.0. The van der Waals surface area contributed by atoms with Gasteiger partial charge in [-0.2, -0.15) is 0 Å². The molecule has 1 aromatic rings. The molecule has 0 saturated heterocycles. The van der Waals surface area contributed by atoms with E-state index in [9.17, 15) is 18.5 Å². The van der Waals surface area contributed by atoms with Crippen molar-refractivity contribution in [3.8, 4) is 0 Å². The van der Waals surface area contributed by atoms with Gasteiger partial charge in [-0.3, -0.25) is 10.1 Å². The molecule has 8 nitrogen and oxygen atoms in total. The second-order valence-corrected chi connectivity index (χ2v) is 6.52. The summed E-state index contributed by atoms with van der Waals surface area (Å²) in [7, 11) is -4.15. The zero-order valence-corrected chi connectivity index (χ0v) is 12.8. The summed E-state index contributed by atoms with van der Waals surface area (Å²) in [6.07, 6.45) is 0.614. The number of nitro groups is 1. The molecule has 0 heterocycles. The molecule has 3 N–H and O–H groups in total. The molecule has 1 rings (SSSR count). The normalized spacial score (nSPS) is 13.4. The second kappa shape index (κ2) is 6.94. The molecule has 118 valence electrons. The quantitative estimate of drug-likeness (QED) is 0.520. The number of nitrogens with one attached hydrogen (secondary N) is 2. The van der Waals surface area contributed by atoms with Crippen LogP contribution >= 0.6 is 0 Å². The highest BCUT2D eigenvalue weighted by Crippen LogP contribution is 2.30. The van der Waals surface area contributed by atoms with Gasteiger partial charge in [-0.25, -0.2) is 8.42 Å². The van der Waals surface area contributed by atoms with Crippen LogP contribution in [0.25, 0.3) is 0 Å². The molecular formula is C12H19N3O5S. The fourth-order valence-electron chi connectivity index (χ4n) is 2.03. The van der Waals surface area contributed by atoms with Crippen LogP contribution in [-0.4, -0.2) is 24.6 Å². The first-order valence-electron chi connectivity index (χ1n) is 6.43. The van der Waals surface area contributed by atoms with Crippen molar-refractivity contribution in [3.63, 3.8) is 0 Å². The van der Waals surface area contributed by atoms with Crippen LogP contribution < -0.4 is 10.2 Å². The number of nitrogens with zero attached hydrogens (tertiary/aromatic N) is 1. The number of hydrogen-bond acceptors (Lipinski definition) is 6. The molecule has 0 saturated carbocycles. The number of benzene rings is 1. The Bertz CT molecular complexity index is 615. The van der Waals surface area contributed by atoms with Crippen LogP contribution in [0.4, 0.5) is 5.69 Å². The maximum atomic E-state index is 11.5. The van der Waals surface area contributed by atoms with Crippen molar-refractivity contribution >= 4 is 15.7 Å². The molecule has 0 fully saturated rings. The largest absolute Gasteiger partial charge is 0.307 e. The molecular weight excluding hydrogens is 298 g/mol. The van der Waals surface area contributed by atoms with E-state index in [0.717, 1.165) is 11.0 Å². The van der Waals surface area contributed by atoms with Crippen molar-refractivity contribution in [2.45, 2.75) is 44.2 Å². The molecule has 9 heteroatoms. The molecule has 0 aliphatic heterocycles. The van der Waals surface area contributed by atoms with Gasteiger partial charge in [0.2, 0.25) is 0 Å². The highest BCUT2D eigenvalue weighted by Gasteiger charge is 2.25.